The lowest BCUT2D eigenvalue weighted by molar-refractivity contribution is 0.0930. The number of nitrogens with one attached hydrogen (secondary N) is 3. The molecule has 3 N–H and O–H groups in total. The van der Waals surface area contributed by atoms with Crippen LogP contribution in [0.2, 0.25) is 0 Å². The van der Waals surface area contributed by atoms with E-state index < -0.39 is 0 Å². The zero-order chi connectivity index (χ0) is 14.9. The summed E-state index contributed by atoms with van der Waals surface area (Å²) in [7, 11) is 0. The maximum absolute atomic E-state index is 12.5. The molecule has 1 amide bonds. The second-order valence-corrected chi connectivity index (χ2v) is 6.56. The molecule has 4 nitrogen and oxygen atoms in total. The lowest BCUT2D eigenvalue weighted by Crippen LogP contribution is -2.52. The number of carbonyl (C=O) groups is 1. The predicted molar refractivity (Wildman–Crippen MR) is 85.4 cm³/mol. The van der Waals surface area contributed by atoms with Crippen LogP contribution in [0.1, 0.15) is 37.0 Å². The summed E-state index contributed by atoms with van der Waals surface area (Å²) in [4.78, 5) is 15.6. The second-order valence-electron chi connectivity index (χ2n) is 6.56. The van der Waals surface area contributed by atoms with E-state index in [1.165, 1.54) is 12.8 Å². The van der Waals surface area contributed by atoms with E-state index in [1.807, 2.05) is 30.5 Å². The van der Waals surface area contributed by atoms with Crippen LogP contribution < -0.4 is 10.6 Å². The maximum Gasteiger partial charge on any atom is 0.253 e. The van der Waals surface area contributed by atoms with Gasteiger partial charge < -0.3 is 15.6 Å². The van der Waals surface area contributed by atoms with E-state index in [2.05, 4.69) is 29.5 Å². The Morgan fingerprint density at radius 1 is 1.38 bits per heavy atom. The van der Waals surface area contributed by atoms with Crippen LogP contribution in [-0.4, -0.2) is 30.0 Å². The van der Waals surface area contributed by atoms with Crippen molar-refractivity contribution in [2.24, 2.45) is 5.41 Å². The summed E-state index contributed by atoms with van der Waals surface area (Å²) in [5.41, 5.74) is 1.85. The summed E-state index contributed by atoms with van der Waals surface area (Å²) in [5, 5.41) is 7.68. The van der Waals surface area contributed by atoms with Crippen molar-refractivity contribution in [3.8, 4) is 0 Å². The van der Waals surface area contributed by atoms with E-state index in [0.717, 1.165) is 17.4 Å². The van der Waals surface area contributed by atoms with Crippen molar-refractivity contribution in [1.29, 1.82) is 0 Å². The van der Waals surface area contributed by atoms with Gasteiger partial charge in [0.15, 0.2) is 0 Å². The van der Waals surface area contributed by atoms with Gasteiger partial charge in [0.2, 0.25) is 0 Å². The van der Waals surface area contributed by atoms with Crippen molar-refractivity contribution in [2.45, 2.75) is 32.7 Å². The van der Waals surface area contributed by atoms with Crippen molar-refractivity contribution < 1.29 is 4.79 Å². The number of fused-ring (bicyclic) bond motifs is 1. The first-order valence-corrected chi connectivity index (χ1v) is 7.66. The van der Waals surface area contributed by atoms with Crippen LogP contribution in [0.3, 0.4) is 0 Å². The minimum absolute atomic E-state index is 0.00813. The van der Waals surface area contributed by atoms with Gasteiger partial charge in [0.05, 0.1) is 11.1 Å². The molecule has 0 saturated carbocycles. The van der Waals surface area contributed by atoms with Gasteiger partial charge in [-0.05, 0) is 36.9 Å². The van der Waals surface area contributed by atoms with Gasteiger partial charge in [-0.1, -0.05) is 26.0 Å². The molecule has 4 heteroatoms. The monoisotopic (exact) mass is 285 g/mol. The first-order valence-electron chi connectivity index (χ1n) is 7.66. The molecule has 0 bridgehead atoms. The van der Waals surface area contributed by atoms with E-state index in [0.29, 0.717) is 18.2 Å². The maximum atomic E-state index is 12.5. The molecule has 112 valence electrons. The largest absolute Gasteiger partial charge is 0.361 e. The molecule has 1 saturated heterocycles. The van der Waals surface area contributed by atoms with Gasteiger partial charge in [0, 0.05) is 24.2 Å². The van der Waals surface area contributed by atoms with Crippen LogP contribution in [0.25, 0.3) is 10.9 Å². The highest BCUT2D eigenvalue weighted by atomic mass is 16.1. The number of amides is 1. The molecule has 1 aromatic heterocycles. The number of hydrogen-bond donors (Lipinski definition) is 3. The smallest absolute Gasteiger partial charge is 0.253 e. The minimum Gasteiger partial charge on any atom is -0.361 e. The quantitative estimate of drug-likeness (QED) is 0.812. The molecule has 0 aliphatic carbocycles. The molecule has 2 aromatic rings. The zero-order valence-corrected chi connectivity index (χ0v) is 12.7. The Bertz CT molecular complexity index is 644. The molecular weight excluding hydrogens is 262 g/mol. The van der Waals surface area contributed by atoms with Crippen LogP contribution in [0.15, 0.2) is 30.5 Å². The fourth-order valence-corrected chi connectivity index (χ4v) is 3.18. The van der Waals surface area contributed by atoms with Gasteiger partial charge in [-0.25, -0.2) is 0 Å². The number of benzene rings is 1. The molecule has 3 rings (SSSR count). The highest BCUT2D eigenvalue weighted by Gasteiger charge is 2.32. The number of rotatable bonds is 3. The predicted octanol–water partition coefficient (Wildman–Crippen LogP) is 2.68. The Balaban J connectivity index is 1.71. The van der Waals surface area contributed by atoms with Crippen molar-refractivity contribution in [3.63, 3.8) is 0 Å². The summed E-state index contributed by atoms with van der Waals surface area (Å²) in [6.45, 7) is 6.24. The molecule has 1 fully saturated rings. The van der Waals surface area contributed by atoms with Gasteiger partial charge in [0.25, 0.3) is 5.91 Å². The lowest BCUT2D eigenvalue weighted by atomic mass is 9.77. The fourth-order valence-electron chi connectivity index (χ4n) is 3.18. The second kappa shape index (κ2) is 5.53. The Kier molecular flexibility index (Phi) is 3.72. The molecule has 1 aromatic carbocycles. The van der Waals surface area contributed by atoms with E-state index in [1.54, 1.807) is 0 Å². The Labute approximate surface area is 125 Å². The average Bonchev–Trinajstić information content (AvgIpc) is 2.93. The number of hydrogen-bond acceptors (Lipinski definition) is 2. The van der Waals surface area contributed by atoms with Crippen LogP contribution in [-0.2, 0) is 0 Å². The lowest BCUT2D eigenvalue weighted by Gasteiger charge is -2.39. The van der Waals surface area contributed by atoms with Crippen LogP contribution >= 0.6 is 0 Å². The molecule has 1 unspecified atom stereocenters. The topological polar surface area (TPSA) is 56.9 Å². The summed E-state index contributed by atoms with van der Waals surface area (Å²) in [6, 6.07) is 8.12. The standard InChI is InChI=1S/C17H23N3O/c1-17(2)8-4-9-18-14(17)11-20-16(21)13-6-3-5-12-7-10-19-15(12)13/h3,5-7,10,14,18-19H,4,8-9,11H2,1-2H3,(H,20,21). The molecule has 0 spiro atoms. The minimum atomic E-state index is -0.00813. The third kappa shape index (κ3) is 2.81. The average molecular weight is 285 g/mol. The summed E-state index contributed by atoms with van der Waals surface area (Å²) >= 11 is 0. The molecule has 0 radical (unpaired) electrons. The number of aromatic nitrogens is 1. The van der Waals surface area contributed by atoms with Crippen LogP contribution in [0.5, 0.6) is 0 Å². The third-order valence-corrected chi connectivity index (χ3v) is 4.63. The molecule has 1 atom stereocenters. The fraction of sp³-hybridized carbons (Fsp3) is 0.471. The number of piperidine rings is 1. The number of para-hydroxylation sites is 1. The molecule has 1 aliphatic rings. The number of aromatic amines is 1. The van der Waals surface area contributed by atoms with Crippen molar-refractivity contribution in [1.82, 2.24) is 15.6 Å². The van der Waals surface area contributed by atoms with E-state index in [4.69, 9.17) is 0 Å². The van der Waals surface area contributed by atoms with Crippen molar-refractivity contribution >= 4 is 16.8 Å². The van der Waals surface area contributed by atoms with E-state index in [-0.39, 0.29) is 11.3 Å². The van der Waals surface area contributed by atoms with Crippen LogP contribution in [0, 0.1) is 5.41 Å². The first-order chi connectivity index (χ1) is 10.1. The first kappa shape index (κ1) is 14.1. The van der Waals surface area contributed by atoms with Gasteiger partial charge in [-0.15, -0.1) is 0 Å². The number of carbonyl (C=O) groups excluding carboxylic acids is 1. The Morgan fingerprint density at radius 2 is 2.24 bits per heavy atom. The normalized spacial score (nSPS) is 21.3. The molecule has 1 aliphatic heterocycles. The van der Waals surface area contributed by atoms with E-state index >= 15 is 0 Å². The Morgan fingerprint density at radius 3 is 3.05 bits per heavy atom. The molecule has 21 heavy (non-hydrogen) atoms. The van der Waals surface area contributed by atoms with E-state index in [9.17, 15) is 4.79 Å². The van der Waals surface area contributed by atoms with Gasteiger partial charge in [-0.2, -0.15) is 0 Å². The van der Waals surface area contributed by atoms with Gasteiger partial charge >= 0.3 is 0 Å². The van der Waals surface area contributed by atoms with Gasteiger partial charge in [0.1, 0.15) is 0 Å². The SMILES string of the molecule is CC1(C)CCCNC1CNC(=O)c1cccc2cc[nH]c12. The highest BCUT2D eigenvalue weighted by molar-refractivity contribution is 6.05. The molecular formula is C17H23N3O. The summed E-state index contributed by atoms with van der Waals surface area (Å²) < 4.78 is 0. The molecule has 2 heterocycles. The van der Waals surface area contributed by atoms with Gasteiger partial charge in [-0.3, -0.25) is 4.79 Å². The van der Waals surface area contributed by atoms with Crippen molar-refractivity contribution in [3.05, 3.63) is 36.0 Å². The Hall–Kier alpha value is -1.81. The summed E-state index contributed by atoms with van der Waals surface area (Å²) in [6.07, 6.45) is 4.28. The summed E-state index contributed by atoms with van der Waals surface area (Å²) in [5.74, 6) is -0.00813. The highest BCUT2D eigenvalue weighted by Crippen LogP contribution is 2.29. The third-order valence-electron chi connectivity index (χ3n) is 4.63. The zero-order valence-electron chi connectivity index (χ0n) is 12.7. The van der Waals surface area contributed by atoms with Crippen LogP contribution in [0.4, 0.5) is 0 Å². The number of H-pyrrole nitrogens is 1. The van der Waals surface area contributed by atoms with Crippen molar-refractivity contribution in [2.75, 3.05) is 13.1 Å².